The third kappa shape index (κ3) is 8.00. The molecular formula is C51H52OP2+2. The normalized spacial score (nSPS) is 11.7. The number of benzene rings is 7. The number of hydrogen-bond donors (Lipinski definition) is 0. The third-order valence-electron chi connectivity index (χ3n) is 10.6. The number of rotatable bonds is 16. The molecule has 0 saturated carbocycles. The van der Waals surface area contributed by atoms with Crippen molar-refractivity contribution in [3.8, 4) is 5.75 Å². The van der Waals surface area contributed by atoms with Gasteiger partial charge in [0.05, 0.1) is 6.61 Å². The lowest BCUT2D eigenvalue weighted by Gasteiger charge is -2.31. The van der Waals surface area contributed by atoms with Crippen molar-refractivity contribution in [3.05, 3.63) is 211 Å². The molecule has 0 heterocycles. The van der Waals surface area contributed by atoms with Crippen LogP contribution < -0.4 is 36.6 Å². The zero-order valence-electron chi connectivity index (χ0n) is 31.7. The lowest BCUT2D eigenvalue weighted by Crippen LogP contribution is -2.33. The molecule has 1 nitrogen and oxygen atoms in total. The van der Waals surface area contributed by atoms with Gasteiger partial charge in [0.1, 0.15) is 64.4 Å². The number of hydrogen-bond acceptors (Lipinski definition) is 1. The fourth-order valence-corrected chi connectivity index (χ4v) is 16.6. The Hall–Kier alpha value is -4.80. The van der Waals surface area contributed by atoms with Crippen molar-refractivity contribution >= 4 is 46.4 Å². The fourth-order valence-electron chi connectivity index (χ4n) is 8.10. The molecule has 0 radical (unpaired) electrons. The van der Waals surface area contributed by atoms with Crippen LogP contribution in [0, 0.1) is 6.92 Å². The number of ether oxygens (including phenoxy) is 1. The predicted octanol–water partition coefficient (Wildman–Crippen LogP) is 10.9. The molecule has 7 aromatic carbocycles. The van der Waals surface area contributed by atoms with Crippen molar-refractivity contribution in [1.29, 1.82) is 0 Å². The molecule has 0 aliphatic rings. The van der Waals surface area contributed by atoms with Crippen molar-refractivity contribution in [2.45, 2.75) is 51.9 Å². The minimum Gasteiger partial charge on any atom is -0.493 e. The topological polar surface area (TPSA) is 9.23 Å². The molecule has 0 fully saturated rings. The molecule has 7 aromatic rings. The molecular weight excluding hydrogens is 691 g/mol. The standard InChI is InChI=1S/C51H52OP2/c1-3-4-5-24-37-52-51-43(40-53(45-25-12-6-13-26-45,46-27-14-7-15-28-46)47-29-16-8-17-30-47)38-42(2)39-44(51)41-54(48-31-18-9-19-32-48,49-33-20-10-21-34-49)50-35-22-11-23-36-50/h6-23,25-36,38-39H,3-5,24,37,40-41H2,1-2H3/q+2. The zero-order valence-corrected chi connectivity index (χ0v) is 33.5. The summed E-state index contributed by atoms with van der Waals surface area (Å²) in [5.74, 6) is 1.08. The Labute approximate surface area is 324 Å². The van der Waals surface area contributed by atoms with Gasteiger partial charge in [-0.05, 0) is 98.3 Å². The molecule has 270 valence electrons. The van der Waals surface area contributed by atoms with Gasteiger partial charge in [-0.15, -0.1) is 0 Å². The Bertz CT molecular complexity index is 1830. The molecule has 0 atom stereocenters. The first-order valence-corrected chi connectivity index (χ1v) is 23.4. The summed E-state index contributed by atoms with van der Waals surface area (Å²) in [6, 6.07) is 72.5. The highest BCUT2D eigenvalue weighted by atomic mass is 31.2. The average Bonchev–Trinajstić information content (AvgIpc) is 3.24. The van der Waals surface area contributed by atoms with Crippen LogP contribution in [0.15, 0.2) is 194 Å². The van der Waals surface area contributed by atoms with Gasteiger partial charge in [0.25, 0.3) is 0 Å². The van der Waals surface area contributed by atoms with E-state index in [1.165, 1.54) is 67.8 Å². The highest BCUT2D eigenvalue weighted by molar-refractivity contribution is 7.95. The Kier molecular flexibility index (Phi) is 12.5. The smallest absolute Gasteiger partial charge is 0.133 e. The van der Waals surface area contributed by atoms with Gasteiger partial charge in [-0.2, -0.15) is 0 Å². The molecule has 0 bridgehead atoms. The Balaban J connectivity index is 1.48. The Morgan fingerprint density at radius 3 is 0.963 bits per heavy atom. The second-order valence-electron chi connectivity index (χ2n) is 14.3. The van der Waals surface area contributed by atoms with Crippen LogP contribution >= 0.6 is 14.5 Å². The second-order valence-corrected chi connectivity index (χ2v) is 21.2. The molecule has 0 saturated heterocycles. The molecule has 0 unspecified atom stereocenters. The lowest BCUT2D eigenvalue weighted by molar-refractivity contribution is 0.300. The molecule has 0 N–H and O–H groups in total. The number of aryl methyl sites for hydroxylation is 1. The molecule has 0 amide bonds. The van der Waals surface area contributed by atoms with Crippen molar-refractivity contribution in [3.63, 3.8) is 0 Å². The maximum absolute atomic E-state index is 7.21. The highest BCUT2D eigenvalue weighted by Crippen LogP contribution is 2.62. The summed E-state index contributed by atoms with van der Waals surface area (Å²) in [6.07, 6.45) is 6.41. The molecule has 3 heteroatoms. The van der Waals surface area contributed by atoms with E-state index in [-0.39, 0.29) is 0 Å². The molecule has 0 aliphatic heterocycles. The van der Waals surface area contributed by atoms with Crippen LogP contribution in [0.5, 0.6) is 5.75 Å². The van der Waals surface area contributed by atoms with Crippen LogP contribution in [-0.4, -0.2) is 6.61 Å². The molecule has 0 spiro atoms. The first-order chi connectivity index (χ1) is 26.6. The van der Waals surface area contributed by atoms with Gasteiger partial charge in [0, 0.05) is 11.1 Å². The second kappa shape index (κ2) is 18.0. The van der Waals surface area contributed by atoms with Crippen molar-refractivity contribution < 1.29 is 4.74 Å². The largest absolute Gasteiger partial charge is 0.493 e. The van der Waals surface area contributed by atoms with E-state index in [9.17, 15) is 0 Å². The first kappa shape index (κ1) is 37.5. The summed E-state index contributed by atoms with van der Waals surface area (Å²) in [5, 5.41) is 8.33. The Morgan fingerprint density at radius 2 is 0.685 bits per heavy atom. The van der Waals surface area contributed by atoms with Crippen molar-refractivity contribution in [1.82, 2.24) is 0 Å². The Morgan fingerprint density at radius 1 is 0.389 bits per heavy atom. The van der Waals surface area contributed by atoms with E-state index in [4.69, 9.17) is 4.74 Å². The fraction of sp³-hybridized carbons (Fsp3) is 0.176. The summed E-state index contributed by atoms with van der Waals surface area (Å²) in [6.45, 7) is 5.26. The summed E-state index contributed by atoms with van der Waals surface area (Å²) < 4.78 is 7.21. The monoisotopic (exact) mass is 742 g/mol. The third-order valence-corrected chi connectivity index (χ3v) is 19.3. The van der Waals surface area contributed by atoms with Gasteiger partial charge in [-0.1, -0.05) is 141 Å². The van der Waals surface area contributed by atoms with E-state index >= 15 is 0 Å². The molecule has 54 heavy (non-hydrogen) atoms. The van der Waals surface area contributed by atoms with Crippen LogP contribution in [0.3, 0.4) is 0 Å². The molecule has 0 aromatic heterocycles. The van der Waals surface area contributed by atoms with E-state index in [1.807, 2.05) is 0 Å². The van der Waals surface area contributed by atoms with Gasteiger partial charge in [-0.3, -0.25) is 0 Å². The van der Waals surface area contributed by atoms with Gasteiger partial charge < -0.3 is 4.74 Å². The summed E-state index contributed by atoms with van der Waals surface area (Å²) in [4.78, 5) is 0. The number of unbranched alkanes of at least 4 members (excludes halogenated alkanes) is 3. The zero-order chi connectivity index (χ0) is 37.1. The van der Waals surface area contributed by atoms with E-state index in [2.05, 4.69) is 208 Å². The first-order valence-electron chi connectivity index (χ1n) is 19.5. The van der Waals surface area contributed by atoms with Crippen molar-refractivity contribution in [2.24, 2.45) is 0 Å². The average molecular weight is 743 g/mol. The van der Waals surface area contributed by atoms with Gasteiger partial charge >= 0.3 is 0 Å². The SMILES string of the molecule is CCCCCCOc1c(C[P+](c2ccccc2)(c2ccccc2)c2ccccc2)cc(C)cc1C[P+](c1ccccc1)(c1ccccc1)c1ccccc1. The molecule has 0 aliphatic carbocycles. The summed E-state index contributed by atoms with van der Waals surface area (Å²) in [5.41, 5.74) is 3.88. The minimum atomic E-state index is -2.19. The highest BCUT2D eigenvalue weighted by Gasteiger charge is 2.48. The van der Waals surface area contributed by atoms with Crippen LogP contribution in [0.2, 0.25) is 0 Å². The maximum Gasteiger partial charge on any atom is 0.133 e. The van der Waals surface area contributed by atoms with Crippen LogP contribution in [0.1, 0.15) is 49.3 Å². The van der Waals surface area contributed by atoms with Crippen molar-refractivity contribution in [2.75, 3.05) is 6.61 Å². The van der Waals surface area contributed by atoms with E-state index < -0.39 is 14.5 Å². The van der Waals surface area contributed by atoms with Crippen LogP contribution in [0.25, 0.3) is 0 Å². The van der Waals surface area contributed by atoms with Crippen LogP contribution in [0.4, 0.5) is 0 Å². The lowest BCUT2D eigenvalue weighted by atomic mass is 10.1. The predicted molar refractivity (Wildman–Crippen MR) is 239 cm³/mol. The molecule has 7 rings (SSSR count). The maximum atomic E-state index is 7.21. The van der Waals surface area contributed by atoms with Gasteiger partial charge in [0.15, 0.2) is 0 Å². The minimum absolute atomic E-state index is 0.712. The quantitative estimate of drug-likeness (QED) is 0.0708. The van der Waals surface area contributed by atoms with E-state index in [1.54, 1.807) is 0 Å². The van der Waals surface area contributed by atoms with E-state index in [0.29, 0.717) is 6.61 Å². The van der Waals surface area contributed by atoms with Gasteiger partial charge in [-0.25, -0.2) is 0 Å². The van der Waals surface area contributed by atoms with Gasteiger partial charge in [0.2, 0.25) is 0 Å². The summed E-state index contributed by atoms with van der Waals surface area (Å²) in [7, 11) is -4.38. The summed E-state index contributed by atoms with van der Waals surface area (Å²) >= 11 is 0. The van der Waals surface area contributed by atoms with Crippen LogP contribution in [-0.2, 0) is 12.3 Å². The van der Waals surface area contributed by atoms with E-state index in [0.717, 1.165) is 24.5 Å².